The van der Waals surface area contributed by atoms with Crippen LogP contribution in [0.1, 0.15) is 11.1 Å². The average Bonchev–Trinajstić information content (AvgIpc) is 3.02. The Morgan fingerprint density at radius 1 is 0.767 bits per heavy atom. The van der Waals surface area contributed by atoms with Crippen molar-refractivity contribution in [3.05, 3.63) is 97.1 Å². The number of amides is 2. The quantitative estimate of drug-likeness (QED) is 0.506. The Balaban J connectivity index is 1.92. The van der Waals surface area contributed by atoms with Crippen molar-refractivity contribution in [3.8, 4) is 0 Å². The van der Waals surface area contributed by atoms with Crippen LogP contribution in [0.15, 0.2) is 86.0 Å². The molecule has 3 nitrogen and oxygen atoms in total. The van der Waals surface area contributed by atoms with Gasteiger partial charge in [0.15, 0.2) is 0 Å². The Morgan fingerprint density at radius 3 is 1.47 bits per heavy atom. The summed E-state index contributed by atoms with van der Waals surface area (Å²) in [6.45, 7) is 7.73. The van der Waals surface area contributed by atoms with Gasteiger partial charge in [-0.2, -0.15) is 0 Å². The summed E-state index contributed by atoms with van der Waals surface area (Å²) in [7, 11) is 0. The van der Waals surface area contributed by atoms with Crippen molar-refractivity contribution in [2.45, 2.75) is 37.3 Å². The van der Waals surface area contributed by atoms with Crippen LogP contribution in [0.25, 0.3) is 0 Å². The highest BCUT2D eigenvalue weighted by molar-refractivity contribution is 5.78. The van der Waals surface area contributed by atoms with Gasteiger partial charge in [0.1, 0.15) is 12.3 Å². The molecule has 0 N–H and O–H groups in total. The third kappa shape index (κ3) is 4.78. The molecule has 4 atom stereocenters. The second kappa shape index (κ2) is 10.2. The third-order valence-electron chi connectivity index (χ3n) is 5.50. The number of carbonyl (C=O) groups excluding carboxylic acids is 1. The maximum atomic E-state index is 15.7. The zero-order valence-corrected chi connectivity index (χ0v) is 17.0. The number of nitrogens with zero attached hydrogens (tertiary/aromatic N) is 2. The number of halogens is 2. The van der Waals surface area contributed by atoms with Crippen molar-refractivity contribution in [2.24, 2.45) is 0 Å². The van der Waals surface area contributed by atoms with Crippen molar-refractivity contribution in [1.82, 2.24) is 9.80 Å². The van der Waals surface area contributed by atoms with E-state index in [9.17, 15) is 4.79 Å². The summed E-state index contributed by atoms with van der Waals surface area (Å²) in [5.74, 6) is 0. The highest BCUT2D eigenvalue weighted by Crippen LogP contribution is 2.33. The predicted octanol–water partition coefficient (Wildman–Crippen LogP) is 4.99. The molecule has 0 radical (unpaired) electrons. The molecule has 2 unspecified atom stereocenters. The first-order valence-electron chi connectivity index (χ1n) is 10.2. The lowest BCUT2D eigenvalue weighted by Gasteiger charge is -2.32. The van der Waals surface area contributed by atoms with Crippen molar-refractivity contribution < 1.29 is 13.6 Å². The topological polar surface area (TPSA) is 23.6 Å². The summed E-state index contributed by atoms with van der Waals surface area (Å²) < 4.78 is 31.3. The van der Waals surface area contributed by atoms with E-state index >= 15 is 8.78 Å². The summed E-state index contributed by atoms with van der Waals surface area (Å²) in [5, 5.41) is 0. The van der Waals surface area contributed by atoms with E-state index in [1.54, 1.807) is 12.2 Å². The largest absolute Gasteiger partial charge is 0.321 e. The molecule has 0 aromatic heterocycles. The molecule has 1 aliphatic heterocycles. The van der Waals surface area contributed by atoms with Gasteiger partial charge in [0.2, 0.25) is 0 Å². The summed E-state index contributed by atoms with van der Waals surface area (Å²) in [4.78, 5) is 15.9. The van der Waals surface area contributed by atoms with Gasteiger partial charge < -0.3 is 9.80 Å². The smallest absolute Gasteiger partial charge is 0.313 e. The van der Waals surface area contributed by atoms with Crippen LogP contribution in [0.3, 0.4) is 0 Å². The number of urea groups is 1. The number of carbonyl (C=O) groups is 1. The molecule has 1 aliphatic rings. The van der Waals surface area contributed by atoms with E-state index in [0.29, 0.717) is 0 Å². The number of rotatable bonds is 10. The van der Waals surface area contributed by atoms with Crippen LogP contribution in [0, 0.1) is 0 Å². The lowest BCUT2D eigenvalue weighted by atomic mass is 9.91. The molecular weight excluding hydrogens is 382 g/mol. The van der Waals surface area contributed by atoms with Crippen molar-refractivity contribution >= 4 is 6.03 Å². The Labute approximate surface area is 177 Å². The highest BCUT2D eigenvalue weighted by Gasteiger charge is 2.52. The molecule has 5 heteroatoms. The zero-order chi connectivity index (χ0) is 21.5. The first kappa shape index (κ1) is 21.8. The van der Waals surface area contributed by atoms with E-state index in [1.807, 2.05) is 60.7 Å². The minimum absolute atomic E-state index is 0.114. The van der Waals surface area contributed by atoms with Crippen molar-refractivity contribution in [1.29, 1.82) is 0 Å². The van der Waals surface area contributed by atoms with Crippen LogP contribution >= 0.6 is 0 Å². The van der Waals surface area contributed by atoms with Crippen LogP contribution in [0.5, 0.6) is 0 Å². The summed E-state index contributed by atoms with van der Waals surface area (Å²) >= 11 is 0. The maximum Gasteiger partial charge on any atom is 0.321 e. The summed E-state index contributed by atoms with van der Waals surface area (Å²) in [6.07, 6.45) is 0.513. The first-order valence-corrected chi connectivity index (χ1v) is 10.2. The number of alkyl halides is 2. The second-order valence-corrected chi connectivity index (χ2v) is 7.56. The summed E-state index contributed by atoms with van der Waals surface area (Å²) in [5.41, 5.74) is 1.63. The predicted molar refractivity (Wildman–Crippen MR) is 117 cm³/mol. The number of benzene rings is 2. The van der Waals surface area contributed by atoms with Crippen LogP contribution < -0.4 is 0 Å². The lowest BCUT2D eigenvalue weighted by Crippen LogP contribution is -2.50. The molecule has 0 aliphatic carbocycles. The van der Waals surface area contributed by atoms with E-state index in [2.05, 4.69) is 13.2 Å². The summed E-state index contributed by atoms with van der Waals surface area (Å²) in [6, 6.07) is 16.3. The Hall–Kier alpha value is -2.95. The molecule has 2 aromatic carbocycles. The third-order valence-corrected chi connectivity index (χ3v) is 5.50. The van der Waals surface area contributed by atoms with E-state index in [-0.39, 0.29) is 32.0 Å². The SMILES string of the molecule is C=CCN1C(=O)N(CC=C)[C@H](C(F)Cc2ccccc2)[C@H]1C(F)Cc1ccccc1. The fourth-order valence-electron chi connectivity index (χ4n) is 4.20. The van der Waals surface area contributed by atoms with Gasteiger partial charge in [-0.05, 0) is 11.1 Å². The first-order chi connectivity index (χ1) is 14.6. The molecule has 0 saturated carbocycles. The normalized spacial score (nSPS) is 20.8. The Kier molecular flexibility index (Phi) is 7.39. The molecule has 2 aromatic rings. The van der Waals surface area contributed by atoms with Crippen molar-refractivity contribution in [2.75, 3.05) is 13.1 Å². The van der Waals surface area contributed by atoms with Gasteiger partial charge in [-0.1, -0.05) is 72.8 Å². The van der Waals surface area contributed by atoms with Gasteiger partial charge in [-0.25, -0.2) is 13.6 Å². The maximum absolute atomic E-state index is 15.7. The number of hydrogen-bond acceptors (Lipinski definition) is 1. The van der Waals surface area contributed by atoms with E-state index in [1.165, 1.54) is 9.80 Å². The van der Waals surface area contributed by atoms with E-state index < -0.39 is 24.4 Å². The Morgan fingerprint density at radius 2 is 1.13 bits per heavy atom. The van der Waals surface area contributed by atoms with Crippen LogP contribution in [-0.2, 0) is 12.8 Å². The van der Waals surface area contributed by atoms with E-state index in [0.717, 1.165) is 11.1 Å². The molecular formula is C25H28F2N2O. The molecule has 1 saturated heterocycles. The molecule has 0 bridgehead atoms. The van der Waals surface area contributed by atoms with E-state index in [4.69, 9.17) is 0 Å². The fourth-order valence-corrected chi connectivity index (χ4v) is 4.20. The van der Waals surface area contributed by atoms with Gasteiger partial charge >= 0.3 is 6.03 Å². The number of hydrogen-bond donors (Lipinski definition) is 0. The minimum Gasteiger partial charge on any atom is -0.313 e. The zero-order valence-electron chi connectivity index (χ0n) is 17.0. The van der Waals surface area contributed by atoms with Gasteiger partial charge in [0.25, 0.3) is 0 Å². The van der Waals surface area contributed by atoms with Gasteiger partial charge in [-0.3, -0.25) is 0 Å². The van der Waals surface area contributed by atoms with Crippen molar-refractivity contribution in [3.63, 3.8) is 0 Å². The van der Waals surface area contributed by atoms with Gasteiger partial charge in [0.05, 0.1) is 12.1 Å². The standard InChI is InChI=1S/C25H28F2N2O/c1-3-15-28-23(21(26)17-19-11-7-5-8-12-19)24(29(16-4-2)25(28)30)22(27)18-20-13-9-6-10-14-20/h3-14,21-24H,1-2,15-18H2/t21?,22?,23-,24-/m1/s1. The minimum atomic E-state index is -1.41. The molecule has 1 fully saturated rings. The molecule has 0 spiro atoms. The molecule has 3 rings (SSSR count). The second-order valence-electron chi connectivity index (χ2n) is 7.56. The molecule has 30 heavy (non-hydrogen) atoms. The lowest BCUT2D eigenvalue weighted by molar-refractivity contribution is 0.101. The van der Waals surface area contributed by atoms with Crippen LogP contribution in [-0.4, -0.2) is 53.3 Å². The van der Waals surface area contributed by atoms with Gasteiger partial charge in [-0.15, -0.1) is 13.2 Å². The monoisotopic (exact) mass is 410 g/mol. The average molecular weight is 411 g/mol. The fraction of sp³-hybridized carbons (Fsp3) is 0.320. The Bertz CT molecular complexity index is 773. The molecule has 2 amide bonds. The van der Waals surface area contributed by atoms with Crippen LogP contribution in [0.2, 0.25) is 0 Å². The van der Waals surface area contributed by atoms with Crippen LogP contribution in [0.4, 0.5) is 13.6 Å². The highest BCUT2D eigenvalue weighted by atomic mass is 19.1. The molecule has 1 heterocycles. The van der Waals surface area contributed by atoms with Gasteiger partial charge in [0, 0.05) is 25.9 Å². The molecule has 158 valence electrons.